The quantitative estimate of drug-likeness (QED) is 0.758. The predicted octanol–water partition coefficient (Wildman–Crippen LogP) is 1.83. The molecule has 3 aromatic rings. The van der Waals surface area contributed by atoms with Crippen molar-refractivity contribution in [1.82, 2.24) is 19.9 Å². The third kappa shape index (κ3) is 3.58. The van der Waals surface area contributed by atoms with Gasteiger partial charge in [0, 0.05) is 12.8 Å². The SMILES string of the molecule is O=C(N[C@@H]1CCOC[C@H]1OCc1ccccc1)c1cnc2cccnn12. The van der Waals surface area contributed by atoms with Crippen LogP contribution in [0.4, 0.5) is 0 Å². The number of nitrogens with zero attached hydrogens (tertiary/aromatic N) is 3. The molecule has 2 aromatic heterocycles. The van der Waals surface area contributed by atoms with Gasteiger partial charge < -0.3 is 14.8 Å². The summed E-state index contributed by atoms with van der Waals surface area (Å²) >= 11 is 0. The number of imidazole rings is 1. The van der Waals surface area contributed by atoms with E-state index in [0.717, 1.165) is 5.56 Å². The van der Waals surface area contributed by atoms with Crippen molar-refractivity contribution in [2.45, 2.75) is 25.2 Å². The second-order valence-electron chi connectivity index (χ2n) is 6.22. The Bertz CT molecular complexity index is 881. The fourth-order valence-corrected chi connectivity index (χ4v) is 3.05. The fraction of sp³-hybridized carbons (Fsp3) is 0.316. The van der Waals surface area contributed by atoms with Gasteiger partial charge in [-0.2, -0.15) is 5.10 Å². The Kier molecular flexibility index (Phi) is 4.90. The zero-order valence-electron chi connectivity index (χ0n) is 14.2. The van der Waals surface area contributed by atoms with E-state index in [2.05, 4.69) is 15.4 Å². The molecule has 0 saturated carbocycles. The van der Waals surface area contributed by atoms with Gasteiger partial charge in [0.25, 0.3) is 5.91 Å². The Morgan fingerprint density at radius 3 is 3.04 bits per heavy atom. The lowest BCUT2D eigenvalue weighted by Gasteiger charge is -2.32. The largest absolute Gasteiger partial charge is 0.379 e. The first-order valence-electron chi connectivity index (χ1n) is 8.64. The predicted molar refractivity (Wildman–Crippen MR) is 94.7 cm³/mol. The highest BCUT2D eigenvalue weighted by Gasteiger charge is 2.29. The minimum absolute atomic E-state index is 0.116. The summed E-state index contributed by atoms with van der Waals surface area (Å²) in [5.74, 6) is -0.212. The number of hydrogen-bond donors (Lipinski definition) is 1. The lowest BCUT2D eigenvalue weighted by Crippen LogP contribution is -2.50. The first kappa shape index (κ1) is 16.7. The maximum absolute atomic E-state index is 12.7. The number of ether oxygens (including phenoxy) is 2. The number of amides is 1. The number of carbonyl (C=O) groups is 1. The van der Waals surface area contributed by atoms with E-state index in [0.29, 0.717) is 37.6 Å². The molecular weight excluding hydrogens is 332 g/mol. The van der Waals surface area contributed by atoms with Crippen LogP contribution in [0.2, 0.25) is 0 Å². The van der Waals surface area contributed by atoms with E-state index in [1.807, 2.05) is 36.4 Å². The Morgan fingerprint density at radius 2 is 2.15 bits per heavy atom. The van der Waals surface area contributed by atoms with Gasteiger partial charge in [0.05, 0.1) is 25.5 Å². The highest BCUT2D eigenvalue weighted by Crippen LogP contribution is 2.15. The van der Waals surface area contributed by atoms with Gasteiger partial charge in [-0.3, -0.25) is 4.79 Å². The summed E-state index contributed by atoms with van der Waals surface area (Å²) in [5, 5.41) is 7.24. The molecule has 0 aliphatic carbocycles. The molecule has 1 aromatic carbocycles. The second kappa shape index (κ2) is 7.63. The zero-order chi connectivity index (χ0) is 17.8. The van der Waals surface area contributed by atoms with Gasteiger partial charge in [0.2, 0.25) is 0 Å². The van der Waals surface area contributed by atoms with Crippen molar-refractivity contribution in [3.05, 3.63) is 66.1 Å². The van der Waals surface area contributed by atoms with Crippen LogP contribution >= 0.6 is 0 Å². The van der Waals surface area contributed by atoms with Gasteiger partial charge >= 0.3 is 0 Å². The summed E-state index contributed by atoms with van der Waals surface area (Å²) in [6.07, 6.45) is 3.68. The highest BCUT2D eigenvalue weighted by molar-refractivity contribution is 5.93. The van der Waals surface area contributed by atoms with Gasteiger partial charge in [-0.25, -0.2) is 9.50 Å². The molecule has 1 fully saturated rings. The van der Waals surface area contributed by atoms with Crippen molar-refractivity contribution in [3.63, 3.8) is 0 Å². The molecule has 4 rings (SSSR count). The third-order valence-electron chi connectivity index (χ3n) is 4.44. The van der Waals surface area contributed by atoms with Crippen LogP contribution in [0.25, 0.3) is 5.65 Å². The van der Waals surface area contributed by atoms with E-state index in [4.69, 9.17) is 9.47 Å². The van der Waals surface area contributed by atoms with Gasteiger partial charge in [0.15, 0.2) is 5.65 Å². The Morgan fingerprint density at radius 1 is 1.27 bits per heavy atom. The molecule has 0 bridgehead atoms. The van der Waals surface area contributed by atoms with Crippen molar-refractivity contribution in [2.24, 2.45) is 0 Å². The second-order valence-corrected chi connectivity index (χ2v) is 6.22. The van der Waals surface area contributed by atoms with E-state index in [9.17, 15) is 4.79 Å². The van der Waals surface area contributed by atoms with Gasteiger partial charge in [0.1, 0.15) is 11.8 Å². The number of aromatic nitrogens is 3. The number of carbonyl (C=O) groups excluding carboxylic acids is 1. The van der Waals surface area contributed by atoms with Crippen LogP contribution in [-0.2, 0) is 16.1 Å². The van der Waals surface area contributed by atoms with Crippen LogP contribution in [0, 0.1) is 0 Å². The molecule has 7 nitrogen and oxygen atoms in total. The van der Waals surface area contributed by atoms with E-state index < -0.39 is 0 Å². The van der Waals surface area contributed by atoms with Crippen LogP contribution in [0.5, 0.6) is 0 Å². The average Bonchev–Trinajstić information content (AvgIpc) is 3.12. The minimum Gasteiger partial charge on any atom is -0.379 e. The van der Waals surface area contributed by atoms with Gasteiger partial charge in [-0.05, 0) is 24.1 Å². The Labute approximate surface area is 151 Å². The Balaban J connectivity index is 1.43. The first-order valence-corrected chi connectivity index (χ1v) is 8.64. The van der Waals surface area contributed by atoms with Crippen molar-refractivity contribution < 1.29 is 14.3 Å². The monoisotopic (exact) mass is 352 g/mol. The standard InChI is InChI=1S/C19H20N4O3/c24-19(16-11-20-18-7-4-9-21-23(16)18)22-15-8-10-25-13-17(15)26-12-14-5-2-1-3-6-14/h1-7,9,11,15,17H,8,10,12-13H2,(H,22,24)/t15-,17-/m1/s1. The summed E-state index contributed by atoms with van der Waals surface area (Å²) in [6.45, 7) is 1.54. The maximum atomic E-state index is 12.7. The summed E-state index contributed by atoms with van der Waals surface area (Å²) in [7, 11) is 0. The van der Waals surface area contributed by atoms with E-state index in [-0.39, 0.29) is 18.1 Å². The van der Waals surface area contributed by atoms with E-state index >= 15 is 0 Å². The van der Waals surface area contributed by atoms with Crippen LogP contribution in [0.15, 0.2) is 54.9 Å². The van der Waals surface area contributed by atoms with E-state index in [1.54, 1.807) is 12.3 Å². The van der Waals surface area contributed by atoms with Crippen molar-refractivity contribution in [3.8, 4) is 0 Å². The zero-order valence-corrected chi connectivity index (χ0v) is 14.2. The summed E-state index contributed by atoms with van der Waals surface area (Å²) in [6, 6.07) is 13.4. The topological polar surface area (TPSA) is 77.8 Å². The highest BCUT2D eigenvalue weighted by atomic mass is 16.5. The van der Waals surface area contributed by atoms with Gasteiger partial charge in [-0.15, -0.1) is 0 Å². The van der Waals surface area contributed by atoms with Crippen molar-refractivity contribution >= 4 is 11.6 Å². The Hall–Kier alpha value is -2.77. The molecule has 1 saturated heterocycles. The molecule has 7 heteroatoms. The molecule has 26 heavy (non-hydrogen) atoms. The number of nitrogens with one attached hydrogen (secondary N) is 1. The molecule has 1 N–H and O–H groups in total. The lowest BCUT2D eigenvalue weighted by molar-refractivity contribution is -0.0736. The third-order valence-corrected chi connectivity index (χ3v) is 4.44. The first-order chi connectivity index (χ1) is 12.8. The average molecular weight is 352 g/mol. The minimum atomic E-state index is -0.212. The summed E-state index contributed by atoms with van der Waals surface area (Å²) < 4.78 is 13.1. The fourth-order valence-electron chi connectivity index (χ4n) is 3.05. The smallest absolute Gasteiger partial charge is 0.271 e. The molecule has 134 valence electrons. The van der Waals surface area contributed by atoms with Gasteiger partial charge in [-0.1, -0.05) is 30.3 Å². The van der Waals surface area contributed by atoms with Crippen LogP contribution < -0.4 is 5.32 Å². The van der Waals surface area contributed by atoms with Crippen LogP contribution in [0.1, 0.15) is 22.5 Å². The summed E-state index contributed by atoms with van der Waals surface area (Å²) in [4.78, 5) is 16.9. The van der Waals surface area contributed by atoms with Crippen LogP contribution in [-0.4, -0.2) is 45.9 Å². The van der Waals surface area contributed by atoms with Crippen LogP contribution in [0.3, 0.4) is 0 Å². The molecule has 1 amide bonds. The molecule has 2 atom stereocenters. The number of benzene rings is 1. The number of hydrogen-bond acceptors (Lipinski definition) is 5. The number of rotatable bonds is 5. The molecule has 3 heterocycles. The molecule has 1 aliphatic heterocycles. The molecule has 0 spiro atoms. The molecule has 0 radical (unpaired) electrons. The van der Waals surface area contributed by atoms with Crippen molar-refractivity contribution in [2.75, 3.05) is 13.2 Å². The van der Waals surface area contributed by atoms with Crippen molar-refractivity contribution in [1.29, 1.82) is 0 Å². The molecule has 1 aliphatic rings. The molecule has 0 unspecified atom stereocenters. The lowest BCUT2D eigenvalue weighted by atomic mass is 10.1. The summed E-state index contributed by atoms with van der Waals surface area (Å²) in [5.41, 5.74) is 2.14. The maximum Gasteiger partial charge on any atom is 0.271 e. The number of fused-ring (bicyclic) bond motifs is 1. The molecular formula is C19H20N4O3. The van der Waals surface area contributed by atoms with E-state index in [1.165, 1.54) is 10.7 Å². The normalized spacial score (nSPS) is 20.2.